The predicted octanol–water partition coefficient (Wildman–Crippen LogP) is 1.45. The van der Waals surface area contributed by atoms with Crippen LogP contribution in [0.1, 0.15) is 12.2 Å². The molecule has 1 unspecified atom stereocenters. The average molecular weight is 260 g/mol. The summed E-state index contributed by atoms with van der Waals surface area (Å²) in [4.78, 5) is 11.1. The van der Waals surface area contributed by atoms with Crippen LogP contribution in [0.3, 0.4) is 0 Å². The molecule has 0 spiro atoms. The number of furan rings is 1. The Morgan fingerprint density at radius 2 is 2.43 bits per heavy atom. The molecule has 2 heterocycles. The lowest BCUT2D eigenvalue weighted by atomic mass is 10.2. The quantitative estimate of drug-likeness (QED) is 0.835. The smallest absolute Gasteiger partial charge is 0.323 e. The van der Waals surface area contributed by atoms with Crippen molar-refractivity contribution in [2.24, 2.45) is 0 Å². The fourth-order valence-electron chi connectivity index (χ4n) is 1.35. The van der Waals surface area contributed by atoms with Gasteiger partial charge >= 0.3 is 5.97 Å². The van der Waals surface area contributed by atoms with Gasteiger partial charge in [0, 0.05) is 6.42 Å². The summed E-state index contributed by atoms with van der Waals surface area (Å²) in [5.74, 6) is 0.632. The molecule has 1 fully saturated rings. The van der Waals surface area contributed by atoms with E-state index in [0.29, 0.717) is 17.8 Å². The van der Waals surface area contributed by atoms with E-state index in [1.54, 1.807) is 0 Å². The average Bonchev–Trinajstić information content (AvgIpc) is 2.72. The van der Waals surface area contributed by atoms with E-state index in [-0.39, 0.29) is 12.0 Å². The van der Waals surface area contributed by atoms with E-state index in [4.69, 9.17) is 9.15 Å². The summed E-state index contributed by atoms with van der Waals surface area (Å²) in [5, 5.41) is 3.07. The Morgan fingerprint density at radius 1 is 1.57 bits per heavy atom. The number of carbonyl (C=O) groups is 1. The van der Waals surface area contributed by atoms with E-state index < -0.39 is 0 Å². The lowest BCUT2D eigenvalue weighted by Gasteiger charge is -2.05. The van der Waals surface area contributed by atoms with Gasteiger partial charge in [-0.05, 0) is 28.1 Å². The van der Waals surface area contributed by atoms with Gasteiger partial charge in [-0.2, -0.15) is 0 Å². The molecule has 2 rings (SSSR count). The third kappa shape index (κ3) is 2.16. The molecule has 0 bridgehead atoms. The fourth-order valence-corrected chi connectivity index (χ4v) is 1.69. The highest BCUT2D eigenvalue weighted by Crippen LogP contribution is 2.14. The molecule has 1 aliphatic rings. The van der Waals surface area contributed by atoms with Crippen molar-refractivity contribution in [2.45, 2.75) is 19.0 Å². The van der Waals surface area contributed by atoms with Crippen molar-refractivity contribution in [3.63, 3.8) is 0 Å². The summed E-state index contributed by atoms with van der Waals surface area (Å²) in [5.41, 5.74) is 0. The molecule has 1 saturated heterocycles. The lowest BCUT2D eigenvalue weighted by Crippen LogP contribution is -2.32. The van der Waals surface area contributed by atoms with Gasteiger partial charge in [0.15, 0.2) is 4.67 Å². The Labute approximate surface area is 89.7 Å². The number of esters is 1. The maximum Gasteiger partial charge on any atom is 0.323 e. The van der Waals surface area contributed by atoms with Gasteiger partial charge < -0.3 is 9.15 Å². The summed E-state index contributed by atoms with van der Waals surface area (Å²) >= 11 is 3.21. The number of cyclic esters (lactones) is 1. The van der Waals surface area contributed by atoms with Gasteiger partial charge in [-0.15, -0.1) is 0 Å². The van der Waals surface area contributed by atoms with E-state index in [2.05, 4.69) is 21.2 Å². The first-order valence-corrected chi connectivity index (χ1v) is 5.19. The van der Waals surface area contributed by atoms with E-state index in [0.717, 1.165) is 12.2 Å². The molecular weight excluding hydrogens is 250 g/mol. The molecule has 14 heavy (non-hydrogen) atoms. The monoisotopic (exact) mass is 259 g/mol. The molecule has 1 aromatic heterocycles. The van der Waals surface area contributed by atoms with E-state index in [9.17, 15) is 4.79 Å². The SMILES string of the molecule is O=C1OCCC1NCc1ccc(Br)o1. The van der Waals surface area contributed by atoms with Gasteiger partial charge in [-0.3, -0.25) is 10.1 Å². The van der Waals surface area contributed by atoms with Crippen molar-refractivity contribution in [3.05, 3.63) is 22.6 Å². The third-order valence-electron chi connectivity index (χ3n) is 2.09. The summed E-state index contributed by atoms with van der Waals surface area (Å²) in [6.07, 6.45) is 0.737. The summed E-state index contributed by atoms with van der Waals surface area (Å²) < 4.78 is 10.8. The standard InChI is InChI=1S/C9H10BrNO3/c10-8-2-1-6(14-8)5-11-7-3-4-13-9(7)12/h1-2,7,11H,3-5H2. The van der Waals surface area contributed by atoms with Crippen LogP contribution in [0.2, 0.25) is 0 Å². The second-order valence-corrected chi connectivity index (χ2v) is 3.88. The molecule has 1 atom stereocenters. The summed E-state index contributed by atoms with van der Waals surface area (Å²) in [7, 11) is 0. The third-order valence-corrected chi connectivity index (χ3v) is 2.51. The number of halogens is 1. The van der Waals surface area contributed by atoms with Gasteiger partial charge in [0.2, 0.25) is 0 Å². The zero-order chi connectivity index (χ0) is 9.97. The van der Waals surface area contributed by atoms with Crippen LogP contribution >= 0.6 is 15.9 Å². The van der Waals surface area contributed by atoms with Crippen molar-refractivity contribution < 1.29 is 13.9 Å². The topological polar surface area (TPSA) is 51.5 Å². The van der Waals surface area contributed by atoms with E-state index >= 15 is 0 Å². The van der Waals surface area contributed by atoms with Gasteiger partial charge in [-0.25, -0.2) is 0 Å². The van der Waals surface area contributed by atoms with Crippen LogP contribution in [0.15, 0.2) is 21.2 Å². The maximum atomic E-state index is 11.1. The van der Waals surface area contributed by atoms with Crippen LogP contribution in [0.25, 0.3) is 0 Å². The van der Waals surface area contributed by atoms with Gasteiger partial charge in [0.1, 0.15) is 11.8 Å². The normalized spacial score (nSPS) is 21.2. The second kappa shape index (κ2) is 4.14. The second-order valence-electron chi connectivity index (χ2n) is 3.10. The summed E-state index contributed by atoms with van der Waals surface area (Å²) in [6.45, 7) is 1.06. The van der Waals surface area contributed by atoms with Crippen LogP contribution in [0.4, 0.5) is 0 Å². The molecule has 0 amide bonds. The Hall–Kier alpha value is -0.810. The maximum absolute atomic E-state index is 11.1. The van der Waals surface area contributed by atoms with Crippen molar-refractivity contribution >= 4 is 21.9 Å². The minimum atomic E-state index is -0.182. The Balaban J connectivity index is 1.85. The molecule has 5 heteroatoms. The number of carbonyl (C=O) groups excluding carboxylic acids is 1. The minimum absolute atomic E-state index is 0.171. The molecule has 76 valence electrons. The van der Waals surface area contributed by atoms with Gasteiger partial charge in [0.05, 0.1) is 13.2 Å². The fraction of sp³-hybridized carbons (Fsp3) is 0.444. The van der Waals surface area contributed by atoms with Crippen molar-refractivity contribution in [2.75, 3.05) is 6.61 Å². The first-order chi connectivity index (χ1) is 6.75. The first-order valence-electron chi connectivity index (χ1n) is 4.40. The molecule has 1 N–H and O–H groups in total. The molecule has 4 nitrogen and oxygen atoms in total. The number of ether oxygens (including phenoxy) is 1. The van der Waals surface area contributed by atoms with Crippen LogP contribution in [-0.2, 0) is 16.1 Å². The summed E-state index contributed by atoms with van der Waals surface area (Å²) in [6, 6.07) is 3.50. The predicted molar refractivity (Wildman–Crippen MR) is 52.6 cm³/mol. The Bertz CT molecular complexity index is 337. The van der Waals surface area contributed by atoms with Crippen LogP contribution in [0.5, 0.6) is 0 Å². The zero-order valence-electron chi connectivity index (χ0n) is 7.46. The minimum Gasteiger partial charge on any atom is -0.464 e. The number of rotatable bonds is 3. The highest BCUT2D eigenvalue weighted by Gasteiger charge is 2.25. The number of nitrogens with one attached hydrogen (secondary N) is 1. The molecule has 0 aromatic carbocycles. The van der Waals surface area contributed by atoms with Crippen molar-refractivity contribution in [3.8, 4) is 0 Å². The molecule has 0 radical (unpaired) electrons. The molecule has 0 aliphatic carbocycles. The number of hydrogen-bond acceptors (Lipinski definition) is 4. The highest BCUT2D eigenvalue weighted by atomic mass is 79.9. The Kier molecular flexibility index (Phi) is 2.88. The van der Waals surface area contributed by atoms with Crippen molar-refractivity contribution in [1.29, 1.82) is 0 Å². The zero-order valence-corrected chi connectivity index (χ0v) is 9.04. The molecule has 0 saturated carbocycles. The van der Waals surface area contributed by atoms with Crippen LogP contribution in [-0.4, -0.2) is 18.6 Å². The van der Waals surface area contributed by atoms with E-state index in [1.807, 2.05) is 12.1 Å². The highest BCUT2D eigenvalue weighted by molar-refractivity contribution is 9.10. The van der Waals surface area contributed by atoms with Crippen LogP contribution < -0.4 is 5.32 Å². The molecule has 1 aliphatic heterocycles. The van der Waals surface area contributed by atoms with Crippen molar-refractivity contribution in [1.82, 2.24) is 5.32 Å². The Morgan fingerprint density at radius 3 is 3.00 bits per heavy atom. The number of hydrogen-bond donors (Lipinski definition) is 1. The van der Waals surface area contributed by atoms with Gasteiger partial charge in [-0.1, -0.05) is 0 Å². The van der Waals surface area contributed by atoms with Crippen LogP contribution in [0, 0.1) is 0 Å². The molecular formula is C9H10BrNO3. The largest absolute Gasteiger partial charge is 0.464 e. The lowest BCUT2D eigenvalue weighted by molar-refractivity contribution is -0.139. The van der Waals surface area contributed by atoms with E-state index in [1.165, 1.54) is 0 Å². The molecule has 1 aromatic rings. The van der Waals surface area contributed by atoms with Gasteiger partial charge in [0.25, 0.3) is 0 Å². The first kappa shape index (κ1) is 9.73.